The summed E-state index contributed by atoms with van der Waals surface area (Å²) in [5.74, 6) is 0. The molecule has 1 aromatic rings. The monoisotopic (exact) mass is 156 g/mol. The average Bonchev–Trinajstić information content (AvgIpc) is 2.17. The van der Waals surface area contributed by atoms with Crippen molar-refractivity contribution in [1.29, 1.82) is 0 Å². The van der Waals surface area contributed by atoms with Crippen LogP contribution in [0.25, 0.3) is 5.57 Å². The molecule has 0 aromatic heterocycles. The van der Waals surface area contributed by atoms with E-state index >= 15 is 0 Å². The van der Waals surface area contributed by atoms with Crippen molar-refractivity contribution in [3.05, 3.63) is 54.1 Å². The van der Waals surface area contributed by atoms with Gasteiger partial charge in [0, 0.05) is 0 Å². The standard InChI is InChI=1S/C12H12/c1-2-10-7-5-8-11-6-3-4-9-12(10)11/h2-4,6-7,9H,1,5,8H2. The zero-order valence-electron chi connectivity index (χ0n) is 7.09. The Hall–Kier alpha value is -1.30. The lowest BCUT2D eigenvalue weighted by Crippen LogP contribution is -1.97. The van der Waals surface area contributed by atoms with Crippen LogP contribution in [0.5, 0.6) is 0 Å². The summed E-state index contributed by atoms with van der Waals surface area (Å²) in [6.45, 7) is 3.81. The van der Waals surface area contributed by atoms with E-state index in [0.717, 1.165) is 6.42 Å². The fraction of sp³-hybridized carbons (Fsp3) is 0.167. The Morgan fingerprint density at radius 2 is 2.08 bits per heavy atom. The molecule has 12 heavy (non-hydrogen) atoms. The first-order valence-electron chi connectivity index (χ1n) is 4.32. The Bertz CT molecular complexity index is 332. The minimum absolute atomic E-state index is 1.15. The van der Waals surface area contributed by atoms with Gasteiger partial charge in [-0.25, -0.2) is 0 Å². The number of hydrogen-bond acceptors (Lipinski definition) is 0. The minimum atomic E-state index is 1.15. The fourth-order valence-corrected chi connectivity index (χ4v) is 1.71. The van der Waals surface area contributed by atoms with Gasteiger partial charge in [0.15, 0.2) is 0 Å². The van der Waals surface area contributed by atoms with Crippen LogP contribution in [0.15, 0.2) is 43.0 Å². The molecular formula is C12H12. The van der Waals surface area contributed by atoms with E-state index in [1.165, 1.54) is 23.1 Å². The molecular weight excluding hydrogens is 144 g/mol. The number of allylic oxidation sites excluding steroid dienone is 3. The molecule has 0 heterocycles. The van der Waals surface area contributed by atoms with Gasteiger partial charge in [0.05, 0.1) is 0 Å². The quantitative estimate of drug-likeness (QED) is 0.585. The highest BCUT2D eigenvalue weighted by Gasteiger charge is 2.07. The van der Waals surface area contributed by atoms with Crippen LogP contribution in [0.3, 0.4) is 0 Å². The molecule has 0 fully saturated rings. The van der Waals surface area contributed by atoms with Gasteiger partial charge >= 0.3 is 0 Å². The highest BCUT2D eigenvalue weighted by Crippen LogP contribution is 2.26. The maximum Gasteiger partial charge on any atom is -0.0155 e. The van der Waals surface area contributed by atoms with Crippen molar-refractivity contribution in [2.24, 2.45) is 0 Å². The van der Waals surface area contributed by atoms with Crippen molar-refractivity contribution in [3.8, 4) is 0 Å². The first kappa shape index (κ1) is 7.35. The van der Waals surface area contributed by atoms with Crippen molar-refractivity contribution >= 4 is 5.57 Å². The molecule has 0 N–H and O–H groups in total. The molecule has 0 unspecified atom stereocenters. The van der Waals surface area contributed by atoms with E-state index in [0.29, 0.717) is 0 Å². The lowest BCUT2D eigenvalue weighted by molar-refractivity contribution is 0.979. The lowest BCUT2D eigenvalue weighted by atomic mass is 9.91. The Balaban J connectivity index is 2.55. The van der Waals surface area contributed by atoms with Gasteiger partial charge < -0.3 is 0 Å². The molecule has 1 aliphatic carbocycles. The molecule has 0 radical (unpaired) electrons. The summed E-state index contributed by atoms with van der Waals surface area (Å²) in [4.78, 5) is 0. The highest BCUT2D eigenvalue weighted by atomic mass is 14.1. The molecule has 0 saturated carbocycles. The second-order valence-corrected chi connectivity index (χ2v) is 3.06. The second-order valence-electron chi connectivity index (χ2n) is 3.06. The molecule has 0 spiro atoms. The third kappa shape index (κ3) is 1.10. The van der Waals surface area contributed by atoms with Gasteiger partial charge in [0.2, 0.25) is 0 Å². The normalized spacial score (nSPS) is 14.8. The molecule has 0 nitrogen and oxygen atoms in total. The summed E-state index contributed by atoms with van der Waals surface area (Å²) < 4.78 is 0. The van der Waals surface area contributed by atoms with Gasteiger partial charge in [-0.05, 0) is 29.5 Å². The first-order valence-corrected chi connectivity index (χ1v) is 4.32. The average molecular weight is 156 g/mol. The van der Waals surface area contributed by atoms with Gasteiger partial charge in [-0.2, -0.15) is 0 Å². The van der Waals surface area contributed by atoms with Crippen LogP contribution in [0, 0.1) is 0 Å². The maximum atomic E-state index is 3.81. The Morgan fingerprint density at radius 1 is 1.25 bits per heavy atom. The van der Waals surface area contributed by atoms with Gasteiger partial charge in [-0.3, -0.25) is 0 Å². The van der Waals surface area contributed by atoms with Gasteiger partial charge in [-0.1, -0.05) is 43.0 Å². The van der Waals surface area contributed by atoms with E-state index in [1.54, 1.807) is 0 Å². The minimum Gasteiger partial charge on any atom is -0.0985 e. The molecule has 0 heteroatoms. The Morgan fingerprint density at radius 3 is 2.92 bits per heavy atom. The summed E-state index contributed by atoms with van der Waals surface area (Å²) in [5.41, 5.74) is 4.10. The Kier molecular flexibility index (Phi) is 1.83. The number of aryl methyl sites for hydroxylation is 1. The van der Waals surface area contributed by atoms with Crippen LogP contribution in [0.2, 0.25) is 0 Å². The van der Waals surface area contributed by atoms with Crippen LogP contribution in [0.1, 0.15) is 17.5 Å². The van der Waals surface area contributed by atoms with Crippen LogP contribution in [-0.4, -0.2) is 0 Å². The summed E-state index contributed by atoms with van der Waals surface area (Å²) >= 11 is 0. The Labute approximate surface area is 73.2 Å². The number of rotatable bonds is 1. The molecule has 0 saturated heterocycles. The van der Waals surface area contributed by atoms with Crippen molar-refractivity contribution in [3.63, 3.8) is 0 Å². The van der Waals surface area contributed by atoms with E-state index < -0.39 is 0 Å². The van der Waals surface area contributed by atoms with Crippen molar-refractivity contribution in [2.45, 2.75) is 12.8 Å². The summed E-state index contributed by atoms with van der Waals surface area (Å²) in [6.07, 6.45) is 6.53. The summed E-state index contributed by atoms with van der Waals surface area (Å²) in [7, 11) is 0. The molecule has 1 aliphatic rings. The van der Waals surface area contributed by atoms with Gasteiger partial charge in [0.25, 0.3) is 0 Å². The van der Waals surface area contributed by atoms with Crippen molar-refractivity contribution < 1.29 is 0 Å². The molecule has 1 aromatic carbocycles. The molecule has 0 atom stereocenters. The predicted molar refractivity (Wildman–Crippen MR) is 52.9 cm³/mol. The molecule has 60 valence electrons. The number of hydrogen-bond donors (Lipinski definition) is 0. The lowest BCUT2D eigenvalue weighted by Gasteiger charge is -2.14. The SMILES string of the molecule is C=CC1=CCCc2ccccc21. The van der Waals surface area contributed by atoms with E-state index in [9.17, 15) is 0 Å². The molecule has 2 rings (SSSR count). The molecule has 0 aliphatic heterocycles. The predicted octanol–water partition coefficient (Wildman–Crippen LogP) is 3.20. The first-order chi connectivity index (χ1) is 5.92. The zero-order valence-corrected chi connectivity index (χ0v) is 7.09. The van der Waals surface area contributed by atoms with Crippen molar-refractivity contribution in [2.75, 3.05) is 0 Å². The van der Waals surface area contributed by atoms with Crippen molar-refractivity contribution in [1.82, 2.24) is 0 Å². The second kappa shape index (κ2) is 2.98. The topological polar surface area (TPSA) is 0 Å². The molecule has 0 bridgehead atoms. The van der Waals surface area contributed by atoms with Crippen LogP contribution in [0.4, 0.5) is 0 Å². The van der Waals surface area contributed by atoms with Crippen LogP contribution < -0.4 is 0 Å². The van der Waals surface area contributed by atoms with Gasteiger partial charge in [0.1, 0.15) is 0 Å². The summed E-state index contributed by atoms with van der Waals surface area (Å²) in [5, 5.41) is 0. The highest BCUT2D eigenvalue weighted by molar-refractivity contribution is 5.76. The van der Waals surface area contributed by atoms with E-state index in [4.69, 9.17) is 0 Å². The number of benzene rings is 1. The van der Waals surface area contributed by atoms with E-state index in [-0.39, 0.29) is 0 Å². The third-order valence-electron chi connectivity index (χ3n) is 2.33. The van der Waals surface area contributed by atoms with Crippen LogP contribution >= 0.6 is 0 Å². The number of fused-ring (bicyclic) bond motifs is 1. The van der Waals surface area contributed by atoms with Crippen LogP contribution in [-0.2, 0) is 6.42 Å². The van der Waals surface area contributed by atoms with E-state index in [2.05, 4.69) is 36.9 Å². The smallest absolute Gasteiger partial charge is 0.0155 e. The van der Waals surface area contributed by atoms with Gasteiger partial charge in [-0.15, -0.1) is 0 Å². The largest absolute Gasteiger partial charge is 0.0985 e. The molecule has 0 amide bonds. The fourth-order valence-electron chi connectivity index (χ4n) is 1.71. The maximum absolute atomic E-state index is 3.81. The van der Waals surface area contributed by atoms with E-state index in [1.807, 2.05) is 6.08 Å². The summed E-state index contributed by atoms with van der Waals surface area (Å²) in [6, 6.07) is 8.56. The zero-order chi connectivity index (χ0) is 8.39. The third-order valence-corrected chi connectivity index (χ3v) is 2.33.